The smallest absolute Gasteiger partial charge is 0.115 e. The van der Waals surface area contributed by atoms with Gasteiger partial charge < -0.3 is 10.8 Å². The number of hydrogen-bond donors (Lipinski definition) is 2. The molecule has 0 aliphatic carbocycles. The Kier molecular flexibility index (Phi) is 5.25. The van der Waals surface area contributed by atoms with Gasteiger partial charge >= 0.3 is 0 Å². The van der Waals surface area contributed by atoms with E-state index in [-0.39, 0.29) is 23.3 Å². The molecule has 2 atom stereocenters. The number of aromatic nitrogens is 1. The summed E-state index contributed by atoms with van der Waals surface area (Å²) < 4.78 is 0. The summed E-state index contributed by atoms with van der Waals surface area (Å²) in [5.41, 5.74) is 6.08. The summed E-state index contributed by atoms with van der Waals surface area (Å²) in [4.78, 5) is 4.19. The lowest BCUT2D eigenvalue weighted by molar-refractivity contribution is 0.233. The van der Waals surface area contributed by atoms with Crippen LogP contribution in [-0.2, 0) is 0 Å². The van der Waals surface area contributed by atoms with Crippen LogP contribution in [0.25, 0.3) is 0 Å². The molecule has 0 radical (unpaired) electrons. The Hall–Kier alpha value is -0.290. The van der Waals surface area contributed by atoms with Gasteiger partial charge in [-0.1, -0.05) is 44.1 Å². The van der Waals surface area contributed by atoms with Crippen LogP contribution >= 0.6 is 23.4 Å². The second kappa shape index (κ2) is 6.05. The first kappa shape index (κ1) is 14.8. The lowest BCUT2D eigenvalue weighted by Gasteiger charge is -2.32. The second-order valence-corrected chi connectivity index (χ2v) is 6.66. The van der Waals surface area contributed by atoms with Crippen molar-refractivity contribution in [3.63, 3.8) is 0 Å². The van der Waals surface area contributed by atoms with Gasteiger partial charge in [0.25, 0.3) is 0 Å². The summed E-state index contributed by atoms with van der Waals surface area (Å²) in [5.74, 6) is 0. The van der Waals surface area contributed by atoms with Crippen molar-refractivity contribution in [3.05, 3.63) is 23.4 Å². The van der Waals surface area contributed by atoms with E-state index in [9.17, 15) is 5.11 Å². The molecule has 96 valence electrons. The SMILES string of the molecule is CC(C)(C)C(N)C(CO)Sc1ncccc1Cl. The summed E-state index contributed by atoms with van der Waals surface area (Å²) in [6, 6.07) is 3.44. The molecule has 0 aliphatic heterocycles. The molecule has 0 aliphatic rings. The van der Waals surface area contributed by atoms with E-state index in [1.165, 1.54) is 11.8 Å². The highest BCUT2D eigenvalue weighted by Crippen LogP contribution is 2.33. The van der Waals surface area contributed by atoms with Crippen LogP contribution in [0.15, 0.2) is 23.4 Å². The fraction of sp³-hybridized carbons (Fsp3) is 0.583. The summed E-state index contributed by atoms with van der Waals surface area (Å²) >= 11 is 7.47. The number of hydrogen-bond acceptors (Lipinski definition) is 4. The quantitative estimate of drug-likeness (QED) is 0.829. The molecule has 1 aromatic rings. The Labute approximate surface area is 112 Å². The van der Waals surface area contributed by atoms with Crippen molar-refractivity contribution in [1.82, 2.24) is 4.98 Å². The van der Waals surface area contributed by atoms with Crippen LogP contribution in [0, 0.1) is 5.41 Å². The zero-order valence-electron chi connectivity index (χ0n) is 10.4. The van der Waals surface area contributed by atoms with Crippen molar-refractivity contribution in [2.24, 2.45) is 11.1 Å². The number of aliphatic hydroxyl groups excluding tert-OH is 1. The van der Waals surface area contributed by atoms with Gasteiger partial charge in [0.1, 0.15) is 5.03 Å². The number of nitrogens with two attached hydrogens (primary N) is 1. The maximum absolute atomic E-state index is 9.44. The van der Waals surface area contributed by atoms with E-state index in [0.29, 0.717) is 10.0 Å². The highest BCUT2D eigenvalue weighted by atomic mass is 35.5. The Bertz CT molecular complexity index is 368. The largest absolute Gasteiger partial charge is 0.395 e. The minimum Gasteiger partial charge on any atom is -0.395 e. The molecule has 5 heteroatoms. The Morgan fingerprint density at radius 1 is 1.53 bits per heavy atom. The van der Waals surface area contributed by atoms with Gasteiger partial charge in [0.15, 0.2) is 0 Å². The summed E-state index contributed by atoms with van der Waals surface area (Å²) in [7, 11) is 0. The van der Waals surface area contributed by atoms with Crippen molar-refractivity contribution >= 4 is 23.4 Å². The van der Waals surface area contributed by atoms with Gasteiger partial charge in [-0.2, -0.15) is 0 Å². The normalized spacial score (nSPS) is 15.6. The van der Waals surface area contributed by atoms with Crippen LogP contribution < -0.4 is 5.73 Å². The van der Waals surface area contributed by atoms with E-state index in [1.807, 2.05) is 0 Å². The van der Waals surface area contributed by atoms with Gasteiger partial charge in [-0.15, -0.1) is 0 Å². The van der Waals surface area contributed by atoms with Crippen LogP contribution in [-0.4, -0.2) is 28.0 Å². The summed E-state index contributed by atoms with van der Waals surface area (Å²) in [6.07, 6.45) is 1.69. The van der Waals surface area contributed by atoms with Crippen LogP contribution in [0.2, 0.25) is 5.02 Å². The number of rotatable bonds is 4. The topological polar surface area (TPSA) is 59.1 Å². The van der Waals surface area contributed by atoms with Crippen molar-refractivity contribution in [1.29, 1.82) is 0 Å². The highest BCUT2D eigenvalue weighted by molar-refractivity contribution is 8.00. The first-order valence-corrected chi connectivity index (χ1v) is 6.75. The van der Waals surface area contributed by atoms with Gasteiger partial charge in [-0.05, 0) is 17.5 Å². The van der Waals surface area contributed by atoms with E-state index < -0.39 is 0 Å². The molecule has 1 aromatic heterocycles. The standard InChI is InChI=1S/C12H19ClN2OS/c1-12(2,3)10(14)9(7-16)17-11-8(13)5-4-6-15-11/h4-6,9-10,16H,7,14H2,1-3H3. The summed E-state index contributed by atoms with van der Waals surface area (Å²) in [5, 5.41) is 10.6. The molecule has 3 nitrogen and oxygen atoms in total. The molecule has 3 N–H and O–H groups in total. The molecule has 0 fully saturated rings. The Morgan fingerprint density at radius 2 is 2.18 bits per heavy atom. The molecular weight excluding hydrogens is 256 g/mol. The van der Waals surface area contributed by atoms with Crippen molar-refractivity contribution in [2.75, 3.05) is 6.61 Å². The molecule has 2 unspecified atom stereocenters. The van der Waals surface area contributed by atoms with E-state index in [0.717, 1.165) is 0 Å². The van der Waals surface area contributed by atoms with Crippen LogP contribution in [0.3, 0.4) is 0 Å². The minimum absolute atomic E-state index is 0.00993. The zero-order valence-corrected chi connectivity index (χ0v) is 11.9. The third-order valence-electron chi connectivity index (χ3n) is 2.57. The van der Waals surface area contributed by atoms with Crippen LogP contribution in [0.1, 0.15) is 20.8 Å². The number of nitrogens with zero attached hydrogens (tertiary/aromatic N) is 1. The second-order valence-electron chi connectivity index (χ2n) is 5.02. The van der Waals surface area contributed by atoms with E-state index in [4.69, 9.17) is 17.3 Å². The van der Waals surface area contributed by atoms with E-state index >= 15 is 0 Å². The predicted molar refractivity (Wildman–Crippen MR) is 73.4 cm³/mol. The number of halogens is 1. The first-order chi connectivity index (χ1) is 7.86. The zero-order chi connectivity index (χ0) is 13.1. The molecular formula is C12H19ClN2OS. The number of pyridine rings is 1. The van der Waals surface area contributed by atoms with Gasteiger partial charge in [0.05, 0.1) is 11.6 Å². The van der Waals surface area contributed by atoms with Crippen molar-refractivity contribution in [3.8, 4) is 0 Å². The lowest BCUT2D eigenvalue weighted by atomic mass is 9.85. The van der Waals surface area contributed by atoms with Gasteiger partial charge in [0.2, 0.25) is 0 Å². The molecule has 1 heterocycles. The first-order valence-electron chi connectivity index (χ1n) is 5.50. The summed E-state index contributed by atoms with van der Waals surface area (Å²) in [6.45, 7) is 6.18. The fourth-order valence-electron chi connectivity index (χ4n) is 1.38. The van der Waals surface area contributed by atoms with Crippen molar-refractivity contribution in [2.45, 2.75) is 37.1 Å². The molecule has 1 rings (SSSR count). The molecule has 17 heavy (non-hydrogen) atoms. The number of thioether (sulfide) groups is 1. The third kappa shape index (κ3) is 4.14. The van der Waals surface area contributed by atoms with Gasteiger partial charge in [-0.3, -0.25) is 0 Å². The van der Waals surface area contributed by atoms with Gasteiger partial charge in [0, 0.05) is 17.5 Å². The maximum atomic E-state index is 9.44. The molecule has 0 amide bonds. The average molecular weight is 275 g/mol. The minimum atomic E-state index is -0.129. The van der Waals surface area contributed by atoms with E-state index in [2.05, 4.69) is 25.8 Å². The van der Waals surface area contributed by atoms with Crippen LogP contribution in [0.4, 0.5) is 0 Å². The van der Waals surface area contributed by atoms with Gasteiger partial charge in [-0.25, -0.2) is 4.98 Å². The number of aliphatic hydroxyl groups is 1. The monoisotopic (exact) mass is 274 g/mol. The maximum Gasteiger partial charge on any atom is 0.115 e. The molecule has 0 aromatic carbocycles. The molecule has 0 bridgehead atoms. The Morgan fingerprint density at radius 3 is 2.65 bits per heavy atom. The highest BCUT2D eigenvalue weighted by Gasteiger charge is 2.29. The van der Waals surface area contributed by atoms with Crippen LogP contribution in [0.5, 0.6) is 0 Å². The fourth-order valence-corrected chi connectivity index (χ4v) is 2.86. The molecule has 0 saturated heterocycles. The Balaban J connectivity index is 2.81. The molecule has 0 saturated carbocycles. The molecule has 0 spiro atoms. The average Bonchev–Trinajstić information content (AvgIpc) is 2.26. The predicted octanol–water partition coefficient (Wildman–Crippen LogP) is 2.56. The van der Waals surface area contributed by atoms with Crippen molar-refractivity contribution < 1.29 is 5.11 Å². The third-order valence-corrected chi connectivity index (χ3v) is 4.28. The van der Waals surface area contributed by atoms with E-state index in [1.54, 1.807) is 18.3 Å². The lowest BCUT2D eigenvalue weighted by Crippen LogP contribution is -2.45.